The fourth-order valence-electron chi connectivity index (χ4n) is 3.28. The van der Waals surface area contributed by atoms with Crippen LogP contribution in [0.3, 0.4) is 0 Å². The first-order valence-corrected chi connectivity index (χ1v) is 11.9. The maximum atomic E-state index is 6.41. The SMILES string of the molecule is CC1(C)O[C@@H]2[C@H](O1)[C@@H](CO[Si](C)(C)C(C)(C)C)O[C@@H]2C1=CCC=C1. The molecule has 0 amide bonds. The van der Waals surface area contributed by atoms with E-state index in [1.165, 1.54) is 5.57 Å². The molecule has 0 aromatic carbocycles. The normalized spacial score (nSPS) is 35.4. The monoisotopic (exact) mass is 352 g/mol. The van der Waals surface area contributed by atoms with Crippen molar-refractivity contribution in [1.29, 1.82) is 0 Å². The molecule has 2 aliphatic heterocycles. The van der Waals surface area contributed by atoms with Crippen LogP contribution in [0.2, 0.25) is 18.1 Å². The molecular formula is C19H32O4Si. The Morgan fingerprint density at radius 1 is 1.21 bits per heavy atom. The summed E-state index contributed by atoms with van der Waals surface area (Å²) in [5, 5.41) is 0.188. The van der Waals surface area contributed by atoms with E-state index in [9.17, 15) is 0 Å². The molecule has 0 saturated carbocycles. The molecule has 0 aromatic rings. The van der Waals surface area contributed by atoms with E-state index < -0.39 is 14.1 Å². The Balaban J connectivity index is 1.73. The van der Waals surface area contributed by atoms with Crippen molar-refractivity contribution < 1.29 is 18.6 Å². The van der Waals surface area contributed by atoms with Crippen LogP contribution in [-0.2, 0) is 18.6 Å². The van der Waals surface area contributed by atoms with Gasteiger partial charge in [0.2, 0.25) is 0 Å². The minimum atomic E-state index is -1.81. The molecule has 2 heterocycles. The summed E-state index contributed by atoms with van der Waals surface area (Å²) in [6.07, 6.45) is 7.25. The van der Waals surface area contributed by atoms with Gasteiger partial charge in [-0.2, -0.15) is 0 Å². The van der Waals surface area contributed by atoms with E-state index in [-0.39, 0.29) is 29.5 Å². The largest absolute Gasteiger partial charge is 0.414 e. The maximum Gasteiger partial charge on any atom is 0.192 e. The van der Waals surface area contributed by atoms with Crippen molar-refractivity contribution >= 4 is 8.32 Å². The number of hydrogen-bond acceptors (Lipinski definition) is 4. The summed E-state index contributed by atoms with van der Waals surface area (Å²) in [6.45, 7) is 15.8. The zero-order chi connectivity index (χ0) is 17.8. The van der Waals surface area contributed by atoms with Gasteiger partial charge >= 0.3 is 0 Å². The standard InChI is InChI=1S/C19H32O4Si/c1-18(2,3)24(6,7)20-12-14-16-17(23-19(4,5)22-16)15(21-14)13-10-8-9-11-13/h8,10-11,14-17H,9,12H2,1-7H3/t14-,15-,16-,17+/m1/s1. The van der Waals surface area contributed by atoms with Gasteiger partial charge in [0.15, 0.2) is 14.1 Å². The average Bonchev–Trinajstić information content (AvgIpc) is 3.10. The van der Waals surface area contributed by atoms with Crippen LogP contribution in [0.5, 0.6) is 0 Å². The summed E-state index contributed by atoms with van der Waals surface area (Å²) in [6, 6.07) is 0. The third-order valence-electron chi connectivity index (χ3n) is 5.69. The highest BCUT2D eigenvalue weighted by molar-refractivity contribution is 6.74. The van der Waals surface area contributed by atoms with Crippen molar-refractivity contribution in [2.75, 3.05) is 6.61 Å². The van der Waals surface area contributed by atoms with E-state index in [1.54, 1.807) is 0 Å². The Morgan fingerprint density at radius 2 is 1.88 bits per heavy atom. The first-order chi connectivity index (χ1) is 11.0. The van der Waals surface area contributed by atoms with E-state index in [2.05, 4.69) is 52.1 Å². The van der Waals surface area contributed by atoms with Crippen LogP contribution >= 0.6 is 0 Å². The van der Waals surface area contributed by atoms with Gasteiger partial charge in [0, 0.05) is 0 Å². The minimum Gasteiger partial charge on any atom is -0.414 e. The van der Waals surface area contributed by atoms with Crippen LogP contribution in [0.15, 0.2) is 23.8 Å². The van der Waals surface area contributed by atoms with E-state index in [0.717, 1.165) is 6.42 Å². The van der Waals surface area contributed by atoms with Gasteiger partial charge in [-0.3, -0.25) is 0 Å². The average molecular weight is 353 g/mol. The van der Waals surface area contributed by atoms with Crippen LogP contribution in [0.25, 0.3) is 0 Å². The molecule has 4 nitrogen and oxygen atoms in total. The molecule has 4 atom stereocenters. The molecule has 24 heavy (non-hydrogen) atoms. The Bertz CT molecular complexity index is 544. The zero-order valence-electron chi connectivity index (χ0n) is 16.1. The molecule has 3 aliphatic rings. The third kappa shape index (κ3) is 3.42. The van der Waals surface area contributed by atoms with Crippen molar-refractivity contribution in [2.45, 2.75) is 89.4 Å². The summed E-state index contributed by atoms with van der Waals surface area (Å²) in [7, 11) is -1.81. The Labute approximate surface area is 147 Å². The van der Waals surface area contributed by atoms with Gasteiger partial charge in [-0.05, 0) is 44.0 Å². The van der Waals surface area contributed by atoms with Crippen LogP contribution in [0, 0.1) is 0 Å². The van der Waals surface area contributed by atoms with Crippen LogP contribution in [-0.4, -0.2) is 45.1 Å². The summed E-state index contributed by atoms with van der Waals surface area (Å²) in [5.41, 5.74) is 1.21. The van der Waals surface area contributed by atoms with Crippen molar-refractivity contribution in [1.82, 2.24) is 0 Å². The van der Waals surface area contributed by atoms with Gasteiger partial charge in [0.05, 0.1) is 6.61 Å². The number of hydrogen-bond donors (Lipinski definition) is 0. The number of rotatable bonds is 4. The molecule has 1 aliphatic carbocycles. The molecule has 0 radical (unpaired) electrons. The van der Waals surface area contributed by atoms with Gasteiger partial charge in [-0.15, -0.1) is 0 Å². The molecule has 5 heteroatoms. The quantitative estimate of drug-likeness (QED) is 0.711. The van der Waals surface area contributed by atoms with Crippen molar-refractivity contribution in [3.63, 3.8) is 0 Å². The van der Waals surface area contributed by atoms with Gasteiger partial charge in [-0.1, -0.05) is 39.0 Å². The molecule has 0 aromatic heterocycles. The van der Waals surface area contributed by atoms with Crippen molar-refractivity contribution in [2.24, 2.45) is 0 Å². The molecule has 0 bridgehead atoms. The summed E-state index contributed by atoms with van der Waals surface area (Å²) in [4.78, 5) is 0. The highest BCUT2D eigenvalue weighted by Gasteiger charge is 2.56. The fraction of sp³-hybridized carbons (Fsp3) is 0.789. The molecule has 2 fully saturated rings. The van der Waals surface area contributed by atoms with Gasteiger partial charge < -0.3 is 18.6 Å². The molecule has 0 unspecified atom stereocenters. The number of ether oxygens (including phenoxy) is 3. The van der Waals surface area contributed by atoms with Crippen LogP contribution < -0.4 is 0 Å². The summed E-state index contributed by atoms with van der Waals surface area (Å²) in [5.74, 6) is -0.560. The minimum absolute atomic E-state index is 0.0523. The van der Waals surface area contributed by atoms with E-state index in [1.807, 2.05) is 13.8 Å². The zero-order valence-corrected chi connectivity index (χ0v) is 17.1. The Kier molecular flexibility index (Phi) is 4.63. The van der Waals surface area contributed by atoms with Crippen LogP contribution in [0.1, 0.15) is 41.0 Å². The molecule has 0 spiro atoms. The topological polar surface area (TPSA) is 36.9 Å². The Hall–Kier alpha value is -0.463. The second kappa shape index (κ2) is 6.06. The molecule has 136 valence electrons. The lowest BCUT2D eigenvalue weighted by Gasteiger charge is -2.37. The molecule has 0 N–H and O–H groups in total. The van der Waals surface area contributed by atoms with Crippen molar-refractivity contribution in [3.8, 4) is 0 Å². The Morgan fingerprint density at radius 3 is 2.46 bits per heavy atom. The first kappa shape index (κ1) is 18.3. The van der Waals surface area contributed by atoms with E-state index in [0.29, 0.717) is 6.61 Å². The lowest BCUT2D eigenvalue weighted by atomic mass is 10.0. The molecular weight excluding hydrogens is 320 g/mol. The highest BCUT2D eigenvalue weighted by Crippen LogP contribution is 2.43. The van der Waals surface area contributed by atoms with Gasteiger partial charge in [-0.25, -0.2) is 0 Å². The highest BCUT2D eigenvalue weighted by atomic mass is 28.4. The van der Waals surface area contributed by atoms with Gasteiger partial charge in [0.1, 0.15) is 24.4 Å². The first-order valence-electron chi connectivity index (χ1n) is 9.02. The van der Waals surface area contributed by atoms with E-state index in [4.69, 9.17) is 18.6 Å². The number of fused-ring (bicyclic) bond motifs is 1. The fourth-order valence-corrected chi connectivity index (χ4v) is 4.29. The molecule has 2 saturated heterocycles. The lowest BCUT2D eigenvalue weighted by Crippen LogP contribution is -2.44. The van der Waals surface area contributed by atoms with Crippen LogP contribution in [0.4, 0.5) is 0 Å². The van der Waals surface area contributed by atoms with Gasteiger partial charge in [0.25, 0.3) is 0 Å². The molecule has 3 rings (SSSR count). The lowest BCUT2D eigenvalue weighted by molar-refractivity contribution is -0.185. The second-order valence-electron chi connectivity index (χ2n) is 9.07. The summed E-state index contributed by atoms with van der Waals surface area (Å²) >= 11 is 0. The smallest absolute Gasteiger partial charge is 0.192 e. The summed E-state index contributed by atoms with van der Waals surface area (Å²) < 4.78 is 25.1. The third-order valence-corrected chi connectivity index (χ3v) is 10.2. The predicted molar refractivity (Wildman–Crippen MR) is 97.5 cm³/mol. The number of allylic oxidation sites excluding steroid dienone is 2. The second-order valence-corrected chi connectivity index (χ2v) is 13.9. The maximum absolute atomic E-state index is 6.41. The van der Waals surface area contributed by atoms with Crippen molar-refractivity contribution in [3.05, 3.63) is 23.8 Å². The predicted octanol–water partition coefficient (Wildman–Crippen LogP) is 4.18. The van der Waals surface area contributed by atoms with E-state index >= 15 is 0 Å².